The van der Waals surface area contributed by atoms with Crippen molar-refractivity contribution in [3.8, 4) is 6.07 Å². The molecule has 1 aromatic carbocycles. The number of carbonyl (C=O) groups is 1. The molecule has 1 aromatic rings. The number of anilines is 1. The number of aryl methyl sites for hydroxylation is 1. The van der Waals surface area contributed by atoms with Crippen molar-refractivity contribution in [1.29, 1.82) is 5.26 Å². The lowest BCUT2D eigenvalue weighted by Crippen LogP contribution is -2.37. The molecule has 0 radical (unpaired) electrons. The normalized spacial score (nSPS) is 10.7. The van der Waals surface area contributed by atoms with Crippen molar-refractivity contribution in [3.63, 3.8) is 0 Å². The highest BCUT2D eigenvalue weighted by Crippen LogP contribution is 2.18. The summed E-state index contributed by atoms with van der Waals surface area (Å²) in [6.07, 6.45) is 0. The molecule has 0 unspecified atom stereocenters. The maximum absolute atomic E-state index is 11.8. The van der Waals surface area contributed by atoms with Crippen LogP contribution in [0.25, 0.3) is 0 Å². The zero-order valence-corrected chi connectivity index (χ0v) is 10.5. The SMILES string of the molecule is Cc1ccc(N(CC(=O)O)S(=O)(=O)CC#N)cc1. The van der Waals surface area contributed by atoms with Gasteiger partial charge in [-0.05, 0) is 19.1 Å². The van der Waals surface area contributed by atoms with Crippen molar-refractivity contribution in [2.24, 2.45) is 0 Å². The van der Waals surface area contributed by atoms with Crippen LogP contribution in [-0.2, 0) is 14.8 Å². The highest BCUT2D eigenvalue weighted by Gasteiger charge is 2.24. The summed E-state index contributed by atoms with van der Waals surface area (Å²) in [5.41, 5.74) is 1.16. The van der Waals surface area contributed by atoms with Crippen LogP contribution in [-0.4, -0.2) is 31.8 Å². The predicted molar refractivity (Wildman–Crippen MR) is 65.6 cm³/mol. The van der Waals surface area contributed by atoms with Gasteiger partial charge in [0.1, 0.15) is 6.54 Å². The zero-order chi connectivity index (χ0) is 13.8. The topological polar surface area (TPSA) is 98.5 Å². The van der Waals surface area contributed by atoms with Gasteiger partial charge < -0.3 is 5.11 Å². The number of carboxylic acid groups (broad SMARTS) is 1. The summed E-state index contributed by atoms with van der Waals surface area (Å²) >= 11 is 0. The zero-order valence-electron chi connectivity index (χ0n) is 9.70. The largest absolute Gasteiger partial charge is 0.480 e. The van der Waals surface area contributed by atoms with Gasteiger partial charge in [0, 0.05) is 0 Å². The van der Waals surface area contributed by atoms with E-state index in [-0.39, 0.29) is 5.69 Å². The van der Waals surface area contributed by atoms with Crippen molar-refractivity contribution in [1.82, 2.24) is 0 Å². The minimum absolute atomic E-state index is 0.234. The van der Waals surface area contributed by atoms with Crippen LogP contribution in [0.1, 0.15) is 5.56 Å². The molecule has 0 aliphatic carbocycles. The number of nitrogens with zero attached hydrogens (tertiary/aromatic N) is 2. The van der Waals surface area contributed by atoms with E-state index >= 15 is 0 Å². The highest BCUT2D eigenvalue weighted by molar-refractivity contribution is 7.93. The quantitative estimate of drug-likeness (QED) is 0.849. The molecule has 0 atom stereocenters. The first-order chi connectivity index (χ1) is 8.36. The number of nitriles is 1. The van der Waals surface area contributed by atoms with Gasteiger partial charge in [-0.25, -0.2) is 8.42 Å². The van der Waals surface area contributed by atoms with E-state index in [0.29, 0.717) is 0 Å². The minimum atomic E-state index is -3.94. The average Bonchev–Trinajstić information content (AvgIpc) is 2.27. The third-order valence-electron chi connectivity index (χ3n) is 2.18. The lowest BCUT2D eigenvalue weighted by molar-refractivity contribution is -0.135. The van der Waals surface area contributed by atoms with Crippen molar-refractivity contribution >= 4 is 21.7 Å². The highest BCUT2D eigenvalue weighted by atomic mass is 32.2. The van der Waals surface area contributed by atoms with E-state index in [4.69, 9.17) is 10.4 Å². The predicted octanol–water partition coefficient (Wildman–Crippen LogP) is 0.739. The molecule has 0 aliphatic rings. The van der Waals surface area contributed by atoms with Gasteiger partial charge >= 0.3 is 5.97 Å². The Labute approximate surface area is 105 Å². The van der Waals surface area contributed by atoms with E-state index in [2.05, 4.69) is 0 Å². The van der Waals surface area contributed by atoms with Gasteiger partial charge in [0.25, 0.3) is 0 Å². The van der Waals surface area contributed by atoms with Crippen LogP contribution in [0, 0.1) is 18.3 Å². The molecule has 0 saturated heterocycles. The molecule has 0 spiro atoms. The minimum Gasteiger partial charge on any atom is -0.480 e. The molecule has 7 heteroatoms. The molecule has 0 aliphatic heterocycles. The summed E-state index contributed by atoms with van der Waals surface area (Å²) in [5.74, 6) is -2.04. The average molecular weight is 268 g/mol. The third kappa shape index (κ3) is 3.46. The van der Waals surface area contributed by atoms with E-state index in [0.717, 1.165) is 9.87 Å². The molecule has 6 nitrogen and oxygen atoms in total. The molecule has 96 valence electrons. The molecule has 0 heterocycles. The fraction of sp³-hybridized carbons (Fsp3) is 0.273. The first-order valence-electron chi connectivity index (χ1n) is 5.02. The van der Waals surface area contributed by atoms with Crippen LogP contribution < -0.4 is 4.31 Å². The van der Waals surface area contributed by atoms with Crippen LogP contribution in [0.5, 0.6) is 0 Å². The van der Waals surface area contributed by atoms with E-state index < -0.39 is 28.3 Å². The number of hydrogen-bond donors (Lipinski definition) is 1. The van der Waals surface area contributed by atoms with Crippen LogP contribution in [0.3, 0.4) is 0 Å². The molecule has 0 bridgehead atoms. The van der Waals surface area contributed by atoms with Gasteiger partial charge in [-0.3, -0.25) is 9.10 Å². The molecule has 1 rings (SSSR count). The van der Waals surface area contributed by atoms with Crippen LogP contribution >= 0.6 is 0 Å². The molecular weight excluding hydrogens is 256 g/mol. The third-order valence-corrected chi connectivity index (χ3v) is 3.69. The Morgan fingerprint density at radius 3 is 2.39 bits per heavy atom. The fourth-order valence-corrected chi connectivity index (χ4v) is 2.41. The van der Waals surface area contributed by atoms with Gasteiger partial charge in [-0.15, -0.1) is 0 Å². The Kier molecular flexibility index (Phi) is 4.28. The lowest BCUT2D eigenvalue weighted by atomic mass is 10.2. The summed E-state index contributed by atoms with van der Waals surface area (Å²) in [5, 5.41) is 17.2. The number of benzene rings is 1. The fourth-order valence-electron chi connectivity index (χ4n) is 1.34. The standard InChI is InChI=1S/C11H12N2O4S/c1-9-2-4-10(5-3-9)13(8-11(14)15)18(16,17)7-6-12/h2-5H,7-8H2,1H3,(H,14,15). The number of hydrogen-bond acceptors (Lipinski definition) is 4. The lowest BCUT2D eigenvalue weighted by Gasteiger charge is -2.21. The van der Waals surface area contributed by atoms with Crippen molar-refractivity contribution in [2.75, 3.05) is 16.6 Å². The van der Waals surface area contributed by atoms with Crippen LogP contribution in [0.2, 0.25) is 0 Å². The Morgan fingerprint density at radius 2 is 1.94 bits per heavy atom. The summed E-state index contributed by atoms with van der Waals surface area (Å²) in [7, 11) is -3.94. The first kappa shape index (κ1) is 14.0. The molecule has 0 aromatic heterocycles. The Morgan fingerprint density at radius 1 is 1.39 bits per heavy atom. The van der Waals surface area contributed by atoms with Crippen LogP contribution in [0.15, 0.2) is 24.3 Å². The molecular formula is C11H12N2O4S. The second-order valence-corrected chi connectivity index (χ2v) is 5.54. The second-order valence-electron chi connectivity index (χ2n) is 3.65. The monoisotopic (exact) mass is 268 g/mol. The van der Waals surface area contributed by atoms with E-state index in [1.165, 1.54) is 18.2 Å². The first-order valence-corrected chi connectivity index (χ1v) is 6.63. The number of sulfonamides is 1. The van der Waals surface area contributed by atoms with E-state index in [1.807, 2.05) is 6.92 Å². The number of rotatable bonds is 5. The van der Waals surface area contributed by atoms with Gasteiger partial charge in [-0.1, -0.05) is 17.7 Å². The van der Waals surface area contributed by atoms with Crippen LogP contribution in [0.4, 0.5) is 5.69 Å². The van der Waals surface area contributed by atoms with Gasteiger partial charge in [0.2, 0.25) is 10.0 Å². The van der Waals surface area contributed by atoms with Crippen molar-refractivity contribution in [2.45, 2.75) is 6.92 Å². The Balaban J connectivity index is 3.18. The van der Waals surface area contributed by atoms with Gasteiger partial charge in [0.15, 0.2) is 5.75 Å². The summed E-state index contributed by atoms with van der Waals surface area (Å²) < 4.78 is 24.3. The summed E-state index contributed by atoms with van der Waals surface area (Å²) in [6.45, 7) is 1.13. The molecule has 18 heavy (non-hydrogen) atoms. The molecule has 0 saturated carbocycles. The van der Waals surface area contributed by atoms with Crippen molar-refractivity contribution in [3.05, 3.63) is 29.8 Å². The maximum atomic E-state index is 11.8. The van der Waals surface area contributed by atoms with Gasteiger partial charge in [-0.2, -0.15) is 5.26 Å². The summed E-state index contributed by atoms with van der Waals surface area (Å²) in [4.78, 5) is 10.7. The summed E-state index contributed by atoms with van der Waals surface area (Å²) in [6, 6.07) is 7.88. The Hall–Kier alpha value is -2.07. The van der Waals surface area contributed by atoms with Crippen molar-refractivity contribution < 1.29 is 18.3 Å². The smallest absolute Gasteiger partial charge is 0.324 e. The van der Waals surface area contributed by atoms with E-state index in [1.54, 1.807) is 12.1 Å². The molecule has 1 N–H and O–H groups in total. The maximum Gasteiger partial charge on any atom is 0.324 e. The van der Waals surface area contributed by atoms with Gasteiger partial charge in [0.05, 0.1) is 11.8 Å². The molecule has 0 fully saturated rings. The Bertz CT molecular complexity index is 572. The second kappa shape index (κ2) is 5.51. The number of carboxylic acids is 1. The van der Waals surface area contributed by atoms with E-state index in [9.17, 15) is 13.2 Å². The number of aliphatic carboxylic acids is 1. The molecule has 0 amide bonds.